The van der Waals surface area contributed by atoms with Crippen LogP contribution in [0.15, 0.2) is 36.5 Å². The van der Waals surface area contributed by atoms with Crippen molar-refractivity contribution in [1.29, 1.82) is 0 Å². The molecule has 0 saturated heterocycles. The summed E-state index contributed by atoms with van der Waals surface area (Å²) in [4.78, 5) is 35.9. The lowest BCUT2D eigenvalue weighted by molar-refractivity contribution is -0.870. The number of hydrogen-bond acceptors (Lipinski definition) is 7. The van der Waals surface area contributed by atoms with Crippen LogP contribution in [-0.4, -0.2) is 74.9 Å². The molecule has 0 aromatic carbocycles. The maximum atomic E-state index is 12.9. The maximum absolute atomic E-state index is 12.9. The van der Waals surface area contributed by atoms with Crippen molar-refractivity contribution in [2.24, 2.45) is 0 Å². The van der Waals surface area contributed by atoms with Gasteiger partial charge in [0.05, 0.1) is 27.7 Å². The zero-order valence-corrected chi connectivity index (χ0v) is 57.6. The van der Waals surface area contributed by atoms with E-state index in [0.29, 0.717) is 23.9 Å². The molecule has 0 aliphatic heterocycles. The van der Waals surface area contributed by atoms with Crippen molar-refractivity contribution in [3.05, 3.63) is 36.5 Å². The average molecular weight is 1210 g/mol. The first-order valence-corrected chi connectivity index (χ1v) is 38.2. The van der Waals surface area contributed by atoms with E-state index in [1.54, 1.807) is 0 Å². The quantitative estimate of drug-likeness (QED) is 0.0211. The normalized spacial score (nSPS) is 13.3. The van der Waals surface area contributed by atoms with Crippen LogP contribution in [0.1, 0.15) is 373 Å². The Kier molecular flexibility index (Phi) is 64.3. The molecular formula is C74H143NO8P+. The van der Waals surface area contributed by atoms with Crippen molar-refractivity contribution in [2.45, 2.75) is 380 Å². The van der Waals surface area contributed by atoms with Gasteiger partial charge >= 0.3 is 19.8 Å². The second-order valence-corrected chi connectivity index (χ2v) is 27.8. The predicted molar refractivity (Wildman–Crippen MR) is 363 cm³/mol. The SMILES string of the molecule is CCCCCCC/C=C\C/C=C\CCCCCCCCCCCCCCCCCCCCCCCC(=O)OC(COC(=O)CCCCCCCCCCCCCCCCC/C=C\CCCCCCCCCC)COP(=O)(O)OCC[N+](C)(C)C. The Bertz CT molecular complexity index is 1510. The number of esters is 2. The third-order valence-electron chi connectivity index (χ3n) is 16.6. The van der Waals surface area contributed by atoms with Gasteiger partial charge < -0.3 is 18.9 Å². The first-order chi connectivity index (χ1) is 41.0. The Hall–Kier alpha value is -1.77. The van der Waals surface area contributed by atoms with Crippen molar-refractivity contribution in [3.8, 4) is 0 Å². The molecule has 0 fully saturated rings. The molecule has 0 spiro atoms. The topological polar surface area (TPSA) is 108 Å². The number of hydrogen-bond donors (Lipinski definition) is 1. The van der Waals surface area contributed by atoms with Crippen LogP contribution in [0, 0.1) is 0 Å². The largest absolute Gasteiger partial charge is 0.472 e. The number of carbonyl (C=O) groups is 2. The highest BCUT2D eigenvalue weighted by Gasteiger charge is 2.27. The Morgan fingerprint density at radius 1 is 0.369 bits per heavy atom. The van der Waals surface area contributed by atoms with Crippen molar-refractivity contribution in [1.82, 2.24) is 0 Å². The number of quaternary nitrogens is 1. The predicted octanol–water partition coefficient (Wildman–Crippen LogP) is 23.8. The zero-order chi connectivity index (χ0) is 61.2. The molecule has 496 valence electrons. The number of rotatable bonds is 69. The van der Waals surface area contributed by atoms with E-state index in [1.807, 2.05) is 21.1 Å². The minimum absolute atomic E-state index is 0.0347. The summed E-state index contributed by atoms with van der Waals surface area (Å²) in [7, 11) is 1.50. The van der Waals surface area contributed by atoms with Gasteiger partial charge in [-0.2, -0.15) is 0 Å². The molecule has 0 heterocycles. The van der Waals surface area contributed by atoms with Gasteiger partial charge in [0.1, 0.15) is 19.8 Å². The smallest absolute Gasteiger partial charge is 0.462 e. The molecule has 0 aliphatic rings. The molecule has 0 rings (SSSR count). The van der Waals surface area contributed by atoms with Crippen molar-refractivity contribution >= 4 is 19.8 Å². The zero-order valence-electron chi connectivity index (χ0n) is 56.7. The van der Waals surface area contributed by atoms with Gasteiger partial charge in [0.25, 0.3) is 0 Å². The average Bonchev–Trinajstić information content (AvgIpc) is 3.61. The lowest BCUT2D eigenvalue weighted by atomic mass is 10.0. The molecule has 0 saturated carbocycles. The highest BCUT2D eigenvalue weighted by atomic mass is 31.2. The summed E-state index contributed by atoms with van der Waals surface area (Å²) in [6.45, 7) is 4.50. The van der Waals surface area contributed by atoms with Crippen LogP contribution in [0.25, 0.3) is 0 Å². The third-order valence-corrected chi connectivity index (χ3v) is 17.6. The van der Waals surface area contributed by atoms with Gasteiger partial charge in [-0.15, -0.1) is 0 Å². The molecule has 1 N–H and O–H groups in total. The fraction of sp³-hybridized carbons (Fsp3) is 0.892. The van der Waals surface area contributed by atoms with Gasteiger partial charge in [0.2, 0.25) is 0 Å². The van der Waals surface area contributed by atoms with Gasteiger partial charge in [-0.1, -0.05) is 326 Å². The molecule has 0 aromatic heterocycles. The third kappa shape index (κ3) is 69.3. The van der Waals surface area contributed by atoms with E-state index in [4.69, 9.17) is 18.5 Å². The van der Waals surface area contributed by atoms with Crippen LogP contribution in [0.2, 0.25) is 0 Å². The van der Waals surface area contributed by atoms with Gasteiger partial charge in [-0.25, -0.2) is 4.57 Å². The van der Waals surface area contributed by atoms with Crippen LogP contribution in [0.4, 0.5) is 0 Å². The Balaban J connectivity index is 3.97. The van der Waals surface area contributed by atoms with E-state index in [9.17, 15) is 19.0 Å². The molecule has 9 nitrogen and oxygen atoms in total. The highest BCUT2D eigenvalue weighted by Crippen LogP contribution is 2.43. The number of carbonyl (C=O) groups excluding carboxylic acids is 2. The van der Waals surface area contributed by atoms with Crippen LogP contribution in [0.3, 0.4) is 0 Å². The molecule has 84 heavy (non-hydrogen) atoms. The molecule has 2 atom stereocenters. The Morgan fingerprint density at radius 2 is 0.643 bits per heavy atom. The van der Waals surface area contributed by atoms with Crippen LogP contribution >= 0.6 is 7.82 Å². The summed E-state index contributed by atoms with van der Waals surface area (Å²) in [5.41, 5.74) is 0. The summed E-state index contributed by atoms with van der Waals surface area (Å²) >= 11 is 0. The Labute approximate surface area is 522 Å². The standard InChI is InChI=1S/C74H142NO8P/c1-6-8-10-12-14-16-18-20-22-24-26-28-30-32-34-35-36-37-38-39-41-43-45-47-49-51-53-55-57-59-61-63-65-67-74(77)83-72(71-82-84(78,79)81-69-68-75(3,4)5)70-80-73(76)66-64-62-60-58-56-54-52-50-48-46-44-42-40-33-31-29-27-25-23-21-19-17-15-13-11-9-7-2/h18,20,24-27,72H,6-17,19,21-23,28-71H2,1-5H3/p+1/b20-18-,26-24-,27-25-. The number of ether oxygens (including phenoxy) is 2. The lowest BCUT2D eigenvalue weighted by Gasteiger charge is -2.24. The fourth-order valence-electron chi connectivity index (χ4n) is 11.0. The van der Waals surface area contributed by atoms with E-state index in [0.717, 1.165) is 38.5 Å². The molecule has 0 bridgehead atoms. The number of likely N-dealkylation sites (N-methyl/N-ethyl adjacent to an activating group) is 1. The van der Waals surface area contributed by atoms with Crippen LogP contribution < -0.4 is 0 Å². The molecule has 0 amide bonds. The molecular weight excluding hydrogens is 1060 g/mol. The van der Waals surface area contributed by atoms with Crippen molar-refractivity contribution in [3.63, 3.8) is 0 Å². The summed E-state index contributed by atoms with van der Waals surface area (Å²) in [6.07, 6.45) is 84.1. The molecule has 2 unspecified atom stereocenters. The number of allylic oxidation sites excluding steroid dienone is 6. The summed E-state index contributed by atoms with van der Waals surface area (Å²) in [5, 5.41) is 0. The number of nitrogens with zero attached hydrogens (tertiary/aromatic N) is 1. The van der Waals surface area contributed by atoms with Crippen molar-refractivity contribution < 1.29 is 42.1 Å². The summed E-state index contributed by atoms with van der Waals surface area (Å²) in [5.74, 6) is -0.775. The number of unbranched alkanes of at least 4 members (excludes halogenated alkanes) is 49. The molecule has 0 radical (unpaired) electrons. The van der Waals surface area contributed by atoms with Crippen molar-refractivity contribution in [2.75, 3.05) is 47.5 Å². The van der Waals surface area contributed by atoms with E-state index in [-0.39, 0.29) is 25.6 Å². The summed E-state index contributed by atoms with van der Waals surface area (Å²) in [6, 6.07) is 0. The monoisotopic (exact) mass is 1210 g/mol. The second kappa shape index (κ2) is 65.7. The molecule has 0 aromatic rings. The highest BCUT2D eigenvalue weighted by molar-refractivity contribution is 7.47. The van der Waals surface area contributed by atoms with Gasteiger partial charge in [-0.05, 0) is 70.6 Å². The van der Waals surface area contributed by atoms with E-state index in [1.165, 1.54) is 302 Å². The van der Waals surface area contributed by atoms with E-state index in [2.05, 4.69) is 50.3 Å². The van der Waals surface area contributed by atoms with E-state index < -0.39 is 26.5 Å². The minimum Gasteiger partial charge on any atom is -0.462 e. The molecule has 10 heteroatoms. The maximum Gasteiger partial charge on any atom is 0.472 e. The van der Waals surface area contributed by atoms with Gasteiger partial charge in [0, 0.05) is 12.8 Å². The van der Waals surface area contributed by atoms with Crippen LogP contribution in [0.5, 0.6) is 0 Å². The van der Waals surface area contributed by atoms with Gasteiger partial charge in [-0.3, -0.25) is 18.6 Å². The van der Waals surface area contributed by atoms with Crippen LogP contribution in [-0.2, 0) is 32.7 Å². The fourth-order valence-corrected chi connectivity index (χ4v) is 11.7. The first kappa shape index (κ1) is 82.2. The summed E-state index contributed by atoms with van der Waals surface area (Å²) < 4.78 is 34.8. The molecule has 0 aliphatic carbocycles. The second-order valence-electron chi connectivity index (χ2n) is 26.3. The number of phosphoric acid groups is 1. The Morgan fingerprint density at radius 3 is 0.952 bits per heavy atom. The first-order valence-electron chi connectivity index (χ1n) is 36.7. The van der Waals surface area contributed by atoms with E-state index >= 15 is 0 Å². The minimum atomic E-state index is -4.39. The number of phosphoric ester groups is 1. The van der Waals surface area contributed by atoms with Gasteiger partial charge in [0.15, 0.2) is 6.10 Å². The lowest BCUT2D eigenvalue weighted by Crippen LogP contribution is -2.37.